The molecule has 0 aliphatic carbocycles. The summed E-state index contributed by atoms with van der Waals surface area (Å²) in [5.74, 6) is 0. The fourth-order valence-electron chi connectivity index (χ4n) is 1.61. The van der Waals surface area contributed by atoms with Crippen molar-refractivity contribution in [1.82, 2.24) is 15.1 Å². The number of piperidine rings is 1. The second-order valence-corrected chi connectivity index (χ2v) is 3.25. The molecule has 3 N–H and O–H groups in total. The Kier molecular flexibility index (Phi) is 1.99. The number of nitrogen functional groups attached to an aromatic ring is 1. The van der Waals surface area contributed by atoms with Crippen LogP contribution in [0.25, 0.3) is 0 Å². The van der Waals surface area contributed by atoms with Gasteiger partial charge in [0.2, 0.25) is 0 Å². The molecular formula is C8H14N4. The molecule has 66 valence electrons. The predicted octanol–water partition coefficient (Wildman–Crippen LogP) is 0.390. The van der Waals surface area contributed by atoms with Gasteiger partial charge in [0.15, 0.2) is 0 Å². The van der Waals surface area contributed by atoms with E-state index in [0.29, 0.717) is 6.04 Å². The second kappa shape index (κ2) is 3.15. The molecule has 0 saturated carbocycles. The number of hydrogen-bond donors (Lipinski definition) is 2. The van der Waals surface area contributed by atoms with E-state index in [1.807, 2.05) is 10.9 Å². The minimum atomic E-state index is 0.496. The average Bonchev–Trinajstić information content (AvgIpc) is 2.54. The zero-order valence-electron chi connectivity index (χ0n) is 7.03. The lowest BCUT2D eigenvalue weighted by atomic mass is 10.1. The molecule has 0 amide bonds. The van der Waals surface area contributed by atoms with E-state index in [-0.39, 0.29) is 0 Å². The van der Waals surface area contributed by atoms with Crippen LogP contribution < -0.4 is 11.1 Å². The standard InChI is InChI=1S/C8H14N4/c9-7-4-11-12(6-7)8-2-1-3-10-5-8/h4,6,8,10H,1-3,5,9H2/t8-/m0/s1. The van der Waals surface area contributed by atoms with E-state index < -0.39 is 0 Å². The van der Waals surface area contributed by atoms with Gasteiger partial charge in [-0.1, -0.05) is 0 Å². The van der Waals surface area contributed by atoms with Crippen LogP contribution in [0.3, 0.4) is 0 Å². The molecule has 1 aromatic rings. The van der Waals surface area contributed by atoms with Crippen LogP contribution in [0, 0.1) is 0 Å². The van der Waals surface area contributed by atoms with Gasteiger partial charge in [-0.15, -0.1) is 0 Å². The molecule has 0 radical (unpaired) electrons. The minimum absolute atomic E-state index is 0.496. The fourth-order valence-corrected chi connectivity index (χ4v) is 1.61. The molecule has 1 fully saturated rings. The first kappa shape index (κ1) is 7.61. The van der Waals surface area contributed by atoms with Crippen LogP contribution in [0.15, 0.2) is 12.4 Å². The monoisotopic (exact) mass is 166 g/mol. The molecule has 2 heterocycles. The highest BCUT2D eigenvalue weighted by Crippen LogP contribution is 2.16. The third-order valence-electron chi connectivity index (χ3n) is 2.27. The van der Waals surface area contributed by atoms with E-state index >= 15 is 0 Å². The maximum absolute atomic E-state index is 5.58. The largest absolute Gasteiger partial charge is 0.396 e. The first-order chi connectivity index (χ1) is 5.86. The van der Waals surface area contributed by atoms with Crippen molar-refractivity contribution in [1.29, 1.82) is 0 Å². The van der Waals surface area contributed by atoms with Crippen molar-refractivity contribution in [3.63, 3.8) is 0 Å². The van der Waals surface area contributed by atoms with Gasteiger partial charge in [0.1, 0.15) is 0 Å². The number of nitrogens with one attached hydrogen (secondary N) is 1. The molecule has 1 saturated heterocycles. The molecule has 4 nitrogen and oxygen atoms in total. The van der Waals surface area contributed by atoms with Gasteiger partial charge >= 0.3 is 0 Å². The molecular weight excluding hydrogens is 152 g/mol. The summed E-state index contributed by atoms with van der Waals surface area (Å²) in [5.41, 5.74) is 6.33. The number of rotatable bonds is 1. The average molecular weight is 166 g/mol. The van der Waals surface area contributed by atoms with Gasteiger partial charge in [0.05, 0.1) is 17.9 Å². The Morgan fingerprint density at radius 3 is 3.17 bits per heavy atom. The molecule has 4 heteroatoms. The summed E-state index contributed by atoms with van der Waals surface area (Å²) in [6, 6.07) is 0.496. The zero-order chi connectivity index (χ0) is 8.39. The van der Waals surface area contributed by atoms with E-state index in [1.54, 1.807) is 6.20 Å². The lowest BCUT2D eigenvalue weighted by Crippen LogP contribution is -2.31. The maximum atomic E-state index is 5.58. The topological polar surface area (TPSA) is 55.9 Å². The van der Waals surface area contributed by atoms with Crippen molar-refractivity contribution in [3.05, 3.63) is 12.4 Å². The lowest BCUT2D eigenvalue weighted by molar-refractivity contribution is 0.347. The lowest BCUT2D eigenvalue weighted by Gasteiger charge is -2.22. The Balaban J connectivity index is 2.08. The predicted molar refractivity (Wildman–Crippen MR) is 47.8 cm³/mol. The molecule has 12 heavy (non-hydrogen) atoms. The van der Waals surface area contributed by atoms with Crippen LogP contribution >= 0.6 is 0 Å². The van der Waals surface area contributed by atoms with Crippen molar-refractivity contribution < 1.29 is 0 Å². The highest BCUT2D eigenvalue weighted by molar-refractivity contribution is 5.30. The summed E-state index contributed by atoms with van der Waals surface area (Å²) in [6.07, 6.45) is 6.03. The van der Waals surface area contributed by atoms with Crippen molar-refractivity contribution >= 4 is 5.69 Å². The highest BCUT2D eigenvalue weighted by Gasteiger charge is 2.14. The third kappa shape index (κ3) is 1.43. The first-order valence-electron chi connectivity index (χ1n) is 4.36. The summed E-state index contributed by atoms with van der Waals surface area (Å²) in [4.78, 5) is 0. The van der Waals surface area contributed by atoms with Crippen LogP contribution in [0.5, 0.6) is 0 Å². The summed E-state index contributed by atoms with van der Waals surface area (Å²) in [5, 5.41) is 7.53. The molecule has 2 rings (SSSR count). The van der Waals surface area contributed by atoms with E-state index in [4.69, 9.17) is 5.73 Å². The number of anilines is 1. The Bertz CT molecular complexity index is 249. The molecule has 0 unspecified atom stereocenters. The van der Waals surface area contributed by atoms with Gasteiger partial charge < -0.3 is 11.1 Å². The number of aromatic nitrogens is 2. The normalized spacial score (nSPS) is 24.2. The van der Waals surface area contributed by atoms with Crippen molar-refractivity contribution in [3.8, 4) is 0 Å². The molecule has 1 aliphatic heterocycles. The Labute approximate surface area is 71.7 Å². The van der Waals surface area contributed by atoms with Crippen LogP contribution in [0.1, 0.15) is 18.9 Å². The van der Waals surface area contributed by atoms with Gasteiger partial charge in [-0.05, 0) is 19.4 Å². The molecule has 1 aromatic heterocycles. The van der Waals surface area contributed by atoms with Gasteiger partial charge in [-0.2, -0.15) is 5.10 Å². The van der Waals surface area contributed by atoms with Crippen LogP contribution in [0.4, 0.5) is 5.69 Å². The van der Waals surface area contributed by atoms with E-state index in [9.17, 15) is 0 Å². The van der Waals surface area contributed by atoms with E-state index in [2.05, 4.69) is 10.4 Å². The molecule has 0 bridgehead atoms. The maximum Gasteiger partial charge on any atom is 0.0719 e. The third-order valence-corrected chi connectivity index (χ3v) is 2.27. The van der Waals surface area contributed by atoms with Gasteiger partial charge in [-0.3, -0.25) is 4.68 Å². The van der Waals surface area contributed by atoms with Gasteiger partial charge in [0, 0.05) is 12.7 Å². The van der Waals surface area contributed by atoms with E-state index in [0.717, 1.165) is 18.8 Å². The smallest absolute Gasteiger partial charge is 0.0719 e. The van der Waals surface area contributed by atoms with Crippen LogP contribution in [-0.4, -0.2) is 22.9 Å². The summed E-state index contributed by atoms with van der Waals surface area (Å²) < 4.78 is 1.96. The van der Waals surface area contributed by atoms with Crippen molar-refractivity contribution in [2.24, 2.45) is 0 Å². The Morgan fingerprint density at radius 2 is 2.58 bits per heavy atom. The summed E-state index contributed by atoms with van der Waals surface area (Å²) in [7, 11) is 0. The quantitative estimate of drug-likeness (QED) is 0.634. The fraction of sp³-hybridized carbons (Fsp3) is 0.625. The van der Waals surface area contributed by atoms with Crippen molar-refractivity contribution in [2.45, 2.75) is 18.9 Å². The zero-order valence-corrected chi connectivity index (χ0v) is 7.03. The highest BCUT2D eigenvalue weighted by atomic mass is 15.3. The van der Waals surface area contributed by atoms with Gasteiger partial charge in [0.25, 0.3) is 0 Å². The summed E-state index contributed by atoms with van der Waals surface area (Å²) >= 11 is 0. The first-order valence-corrected chi connectivity index (χ1v) is 4.36. The Hall–Kier alpha value is -1.03. The van der Waals surface area contributed by atoms with Gasteiger partial charge in [-0.25, -0.2) is 0 Å². The second-order valence-electron chi connectivity index (χ2n) is 3.25. The molecule has 0 aromatic carbocycles. The molecule has 1 atom stereocenters. The Morgan fingerprint density at radius 1 is 1.67 bits per heavy atom. The van der Waals surface area contributed by atoms with Crippen molar-refractivity contribution in [2.75, 3.05) is 18.8 Å². The van der Waals surface area contributed by atoms with E-state index in [1.165, 1.54) is 12.8 Å². The van der Waals surface area contributed by atoms with Crippen LogP contribution in [0.2, 0.25) is 0 Å². The number of hydrogen-bond acceptors (Lipinski definition) is 3. The van der Waals surface area contributed by atoms with Crippen LogP contribution in [-0.2, 0) is 0 Å². The summed E-state index contributed by atoms with van der Waals surface area (Å²) in [6.45, 7) is 2.15. The number of nitrogens with two attached hydrogens (primary N) is 1. The molecule has 0 spiro atoms. The number of nitrogens with zero attached hydrogens (tertiary/aromatic N) is 2. The SMILES string of the molecule is Nc1cnn([C@H]2CCCNC2)c1. The minimum Gasteiger partial charge on any atom is -0.396 e. The molecule has 1 aliphatic rings.